The number of nitrogens with one attached hydrogen (secondary N) is 1. The van der Waals surface area contributed by atoms with E-state index in [2.05, 4.69) is 12.3 Å². The van der Waals surface area contributed by atoms with Gasteiger partial charge in [0.15, 0.2) is 0 Å². The first-order valence-electron chi connectivity index (χ1n) is 5.28. The molecule has 0 aliphatic carbocycles. The Hall–Kier alpha value is -0.120. The van der Waals surface area contributed by atoms with Crippen molar-refractivity contribution in [2.24, 2.45) is 5.84 Å². The minimum absolute atomic E-state index is 0.294. The average molecular weight is 188 g/mol. The second-order valence-electron chi connectivity index (χ2n) is 3.74. The third-order valence-electron chi connectivity index (χ3n) is 2.02. The predicted molar refractivity (Wildman–Crippen MR) is 56.3 cm³/mol. The molecule has 0 bridgehead atoms. The van der Waals surface area contributed by atoms with Crippen molar-refractivity contribution < 1.29 is 4.74 Å². The maximum Gasteiger partial charge on any atom is 0.0636 e. The van der Waals surface area contributed by atoms with E-state index in [4.69, 9.17) is 10.6 Å². The molecule has 0 saturated carbocycles. The molecule has 0 aromatic rings. The number of nitrogens with two attached hydrogens (primary N) is 1. The van der Waals surface area contributed by atoms with Crippen molar-refractivity contribution in [1.29, 1.82) is 0 Å². The molecule has 0 aliphatic rings. The largest absolute Gasteiger partial charge is 0.377 e. The first-order chi connectivity index (χ1) is 6.20. The van der Waals surface area contributed by atoms with E-state index in [0.29, 0.717) is 12.1 Å². The van der Waals surface area contributed by atoms with Gasteiger partial charge in [-0.2, -0.15) is 0 Å². The highest BCUT2D eigenvalue weighted by molar-refractivity contribution is 4.62. The molecule has 0 spiro atoms. The van der Waals surface area contributed by atoms with E-state index in [9.17, 15) is 0 Å². The first-order valence-corrected chi connectivity index (χ1v) is 5.28. The molecule has 0 aromatic carbocycles. The molecule has 0 radical (unpaired) electrons. The summed E-state index contributed by atoms with van der Waals surface area (Å²) in [5, 5.41) is 0. The Morgan fingerprint density at radius 3 is 2.46 bits per heavy atom. The highest BCUT2D eigenvalue weighted by atomic mass is 16.5. The molecule has 80 valence electrons. The summed E-state index contributed by atoms with van der Waals surface area (Å²) in [6, 6.07) is 0.314. The van der Waals surface area contributed by atoms with E-state index in [1.54, 1.807) is 0 Å². The Kier molecular flexibility index (Phi) is 8.40. The monoisotopic (exact) mass is 188 g/mol. The van der Waals surface area contributed by atoms with Gasteiger partial charge in [-0.25, -0.2) is 0 Å². The first kappa shape index (κ1) is 12.9. The smallest absolute Gasteiger partial charge is 0.0636 e. The van der Waals surface area contributed by atoms with E-state index in [-0.39, 0.29) is 0 Å². The molecule has 0 aromatic heterocycles. The Morgan fingerprint density at radius 1 is 1.31 bits per heavy atom. The number of unbranched alkanes of at least 4 members (excludes halogenated alkanes) is 2. The normalized spacial score (nSPS) is 13.6. The van der Waals surface area contributed by atoms with Gasteiger partial charge in [-0.15, -0.1) is 0 Å². The Bertz CT molecular complexity index is 107. The van der Waals surface area contributed by atoms with Crippen LogP contribution in [-0.4, -0.2) is 18.8 Å². The van der Waals surface area contributed by atoms with Crippen molar-refractivity contribution in [3.05, 3.63) is 0 Å². The van der Waals surface area contributed by atoms with E-state index in [1.807, 2.05) is 13.8 Å². The molecule has 0 amide bonds. The maximum atomic E-state index is 5.48. The molecule has 0 aliphatic heterocycles. The summed E-state index contributed by atoms with van der Waals surface area (Å²) in [6.45, 7) is 7.01. The van der Waals surface area contributed by atoms with Crippen LogP contribution in [0.4, 0.5) is 0 Å². The highest BCUT2D eigenvalue weighted by Gasteiger charge is 2.06. The Balaban J connectivity index is 3.39. The van der Waals surface area contributed by atoms with Gasteiger partial charge in [0.2, 0.25) is 0 Å². The number of ether oxygens (including phenoxy) is 1. The summed E-state index contributed by atoms with van der Waals surface area (Å²) < 4.78 is 5.48. The number of hydrogen-bond acceptors (Lipinski definition) is 3. The third kappa shape index (κ3) is 8.22. The second-order valence-corrected chi connectivity index (χ2v) is 3.74. The van der Waals surface area contributed by atoms with Crippen molar-refractivity contribution in [3.63, 3.8) is 0 Å². The van der Waals surface area contributed by atoms with E-state index < -0.39 is 0 Å². The van der Waals surface area contributed by atoms with Gasteiger partial charge in [-0.1, -0.05) is 26.2 Å². The van der Waals surface area contributed by atoms with Crippen molar-refractivity contribution in [1.82, 2.24) is 5.43 Å². The van der Waals surface area contributed by atoms with E-state index >= 15 is 0 Å². The van der Waals surface area contributed by atoms with Crippen LogP contribution in [0.25, 0.3) is 0 Å². The molecule has 13 heavy (non-hydrogen) atoms. The fourth-order valence-corrected chi connectivity index (χ4v) is 1.16. The van der Waals surface area contributed by atoms with Crippen LogP contribution in [0, 0.1) is 0 Å². The third-order valence-corrected chi connectivity index (χ3v) is 2.02. The summed E-state index contributed by atoms with van der Waals surface area (Å²) in [6.07, 6.45) is 5.16. The summed E-state index contributed by atoms with van der Waals surface area (Å²) in [7, 11) is 0. The molecule has 0 fully saturated rings. The quantitative estimate of drug-likeness (QED) is 0.347. The van der Waals surface area contributed by atoms with Gasteiger partial charge in [-0.3, -0.25) is 11.3 Å². The molecule has 1 atom stereocenters. The van der Waals surface area contributed by atoms with Crippen LogP contribution in [0.5, 0.6) is 0 Å². The highest BCUT2D eigenvalue weighted by Crippen LogP contribution is 2.04. The van der Waals surface area contributed by atoms with Crippen LogP contribution in [0.2, 0.25) is 0 Å². The van der Waals surface area contributed by atoms with Gasteiger partial charge in [0, 0.05) is 6.04 Å². The van der Waals surface area contributed by atoms with Crippen LogP contribution in [0.3, 0.4) is 0 Å². The lowest BCUT2D eigenvalue weighted by Crippen LogP contribution is -2.39. The zero-order valence-corrected chi connectivity index (χ0v) is 9.18. The van der Waals surface area contributed by atoms with Crippen molar-refractivity contribution in [2.45, 2.75) is 58.6 Å². The minimum Gasteiger partial charge on any atom is -0.377 e. The van der Waals surface area contributed by atoms with Gasteiger partial charge in [-0.05, 0) is 20.3 Å². The Morgan fingerprint density at radius 2 is 2.00 bits per heavy atom. The van der Waals surface area contributed by atoms with Crippen LogP contribution < -0.4 is 11.3 Å². The molecule has 0 rings (SSSR count). The summed E-state index contributed by atoms with van der Waals surface area (Å²) in [5.74, 6) is 5.41. The Labute approximate surface area is 82.0 Å². The summed E-state index contributed by atoms with van der Waals surface area (Å²) in [4.78, 5) is 0. The average Bonchev–Trinajstić information content (AvgIpc) is 2.10. The van der Waals surface area contributed by atoms with Crippen LogP contribution >= 0.6 is 0 Å². The lowest BCUT2D eigenvalue weighted by Gasteiger charge is -2.17. The summed E-state index contributed by atoms with van der Waals surface area (Å²) in [5.41, 5.74) is 2.79. The van der Waals surface area contributed by atoms with Gasteiger partial charge in [0.1, 0.15) is 0 Å². The van der Waals surface area contributed by atoms with Gasteiger partial charge < -0.3 is 4.74 Å². The van der Waals surface area contributed by atoms with E-state index in [0.717, 1.165) is 13.0 Å². The second kappa shape index (κ2) is 8.48. The SMILES string of the molecule is CCCCCC(COC(C)C)NN. The van der Waals surface area contributed by atoms with Gasteiger partial charge >= 0.3 is 0 Å². The molecule has 3 heteroatoms. The molecule has 3 N–H and O–H groups in total. The number of hydrogen-bond donors (Lipinski definition) is 2. The zero-order valence-electron chi connectivity index (χ0n) is 9.18. The van der Waals surface area contributed by atoms with Gasteiger partial charge in [0.05, 0.1) is 12.7 Å². The number of hydrazine groups is 1. The van der Waals surface area contributed by atoms with Crippen LogP contribution in [0.1, 0.15) is 46.5 Å². The van der Waals surface area contributed by atoms with Crippen molar-refractivity contribution in [2.75, 3.05) is 6.61 Å². The van der Waals surface area contributed by atoms with Gasteiger partial charge in [0.25, 0.3) is 0 Å². The zero-order chi connectivity index (χ0) is 10.1. The molecule has 0 heterocycles. The number of rotatable bonds is 8. The van der Waals surface area contributed by atoms with Crippen LogP contribution in [-0.2, 0) is 4.74 Å². The summed E-state index contributed by atoms with van der Waals surface area (Å²) >= 11 is 0. The standard InChI is InChI=1S/C10H24N2O/c1-4-5-6-7-10(12-11)8-13-9(2)3/h9-10,12H,4-8,11H2,1-3H3. The van der Waals surface area contributed by atoms with Crippen LogP contribution in [0.15, 0.2) is 0 Å². The van der Waals surface area contributed by atoms with Crippen molar-refractivity contribution in [3.8, 4) is 0 Å². The molecule has 3 nitrogen and oxygen atoms in total. The molecular formula is C10H24N2O. The van der Waals surface area contributed by atoms with E-state index in [1.165, 1.54) is 19.3 Å². The fraction of sp³-hybridized carbons (Fsp3) is 1.00. The molecular weight excluding hydrogens is 164 g/mol. The lowest BCUT2D eigenvalue weighted by molar-refractivity contribution is 0.0590. The lowest BCUT2D eigenvalue weighted by atomic mass is 10.1. The van der Waals surface area contributed by atoms with Crippen molar-refractivity contribution >= 4 is 0 Å². The minimum atomic E-state index is 0.294. The molecule has 1 unspecified atom stereocenters. The maximum absolute atomic E-state index is 5.48. The molecule has 0 saturated heterocycles. The fourth-order valence-electron chi connectivity index (χ4n) is 1.16. The predicted octanol–water partition coefficient (Wildman–Crippen LogP) is 1.82. The topological polar surface area (TPSA) is 47.3 Å².